The minimum absolute atomic E-state index is 0.690. The van der Waals surface area contributed by atoms with Crippen molar-refractivity contribution in [2.24, 2.45) is 0 Å². The summed E-state index contributed by atoms with van der Waals surface area (Å²) in [6.07, 6.45) is 3.72. The van der Waals surface area contributed by atoms with E-state index in [1.807, 2.05) is 0 Å². The molecule has 3 heteroatoms. The molecule has 1 aromatic heterocycles. The quantitative estimate of drug-likeness (QED) is 0.889. The molecule has 1 fully saturated rings. The van der Waals surface area contributed by atoms with Crippen LogP contribution >= 0.6 is 0 Å². The second kappa shape index (κ2) is 5.31. The van der Waals surface area contributed by atoms with Crippen molar-refractivity contribution in [1.82, 2.24) is 4.98 Å². The lowest BCUT2D eigenvalue weighted by Gasteiger charge is -2.16. The highest BCUT2D eigenvalue weighted by Crippen LogP contribution is 2.41. The van der Waals surface area contributed by atoms with Gasteiger partial charge in [0.1, 0.15) is 0 Å². The van der Waals surface area contributed by atoms with Crippen LogP contribution < -0.4 is 10.2 Å². The van der Waals surface area contributed by atoms with Crippen LogP contribution in [-0.2, 0) is 0 Å². The molecule has 1 N–H and O–H groups in total. The maximum Gasteiger partial charge on any atom is 0.0727 e. The lowest BCUT2D eigenvalue weighted by molar-refractivity contribution is 0.976. The number of nitrogens with one attached hydrogen (secondary N) is 1. The van der Waals surface area contributed by atoms with Crippen LogP contribution in [0.1, 0.15) is 37.8 Å². The van der Waals surface area contributed by atoms with Crippen molar-refractivity contribution < 1.29 is 0 Å². The lowest BCUT2D eigenvalue weighted by Crippen LogP contribution is -2.09. The maximum absolute atomic E-state index is 4.85. The molecule has 3 nitrogen and oxygen atoms in total. The fourth-order valence-corrected chi connectivity index (χ4v) is 2.51. The molecule has 0 amide bonds. The first-order chi connectivity index (χ1) is 9.69. The Labute approximate surface area is 121 Å². The molecule has 1 aliphatic carbocycles. The zero-order valence-corrected chi connectivity index (χ0v) is 12.6. The summed E-state index contributed by atoms with van der Waals surface area (Å²) in [5.74, 6) is 0.690. The van der Waals surface area contributed by atoms with Crippen LogP contribution in [0.5, 0.6) is 0 Å². The zero-order valence-electron chi connectivity index (χ0n) is 12.6. The van der Waals surface area contributed by atoms with Crippen molar-refractivity contribution >= 4 is 22.3 Å². The van der Waals surface area contributed by atoms with E-state index in [2.05, 4.69) is 55.5 Å². The first-order valence-corrected chi connectivity index (χ1v) is 7.55. The number of fused-ring (bicyclic) bond motifs is 1. The Morgan fingerprint density at radius 2 is 2.05 bits per heavy atom. The van der Waals surface area contributed by atoms with Gasteiger partial charge in [0.15, 0.2) is 0 Å². The summed E-state index contributed by atoms with van der Waals surface area (Å²) < 4.78 is 0. The van der Waals surface area contributed by atoms with E-state index in [1.54, 1.807) is 0 Å². The van der Waals surface area contributed by atoms with Gasteiger partial charge in [-0.2, -0.15) is 0 Å². The largest absolute Gasteiger partial charge is 0.384 e. The average Bonchev–Trinajstić information content (AvgIpc) is 3.28. The predicted octanol–water partition coefficient (Wildman–Crippen LogP) is 4.00. The first-order valence-electron chi connectivity index (χ1n) is 7.55. The minimum Gasteiger partial charge on any atom is -0.384 e. The van der Waals surface area contributed by atoms with Crippen LogP contribution in [-0.4, -0.2) is 25.6 Å². The van der Waals surface area contributed by atoms with Gasteiger partial charge in [0.2, 0.25) is 0 Å². The second-order valence-electron chi connectivity index (χ2n) is 5.89. The van der Waals surface area contributed by atoms with E-state index in [1.165, 1.54) is 35.3 Å². The highest BCUT2D eigenvalue weighted by Gasteiger charge is 2.26. The first kappa shape index (κ1) is 13.2. The summed E-state index contributed by atoms with van der Waals surface area (Å²) in [6, 6.07) is 8.79. The number of anilines is 2. The number of hydrogen-bond acceptors (Lipinski definition) is 3. The summed E-state index contributed by atoms with van der Waals surface area (Å²) in [5, 5.41) is 4.80. The maximum atomic E-state index is 4.85. The normalized spacial score (nSPS) is 14.6. The molecule has 0 unspecified atom stereocenters. The fraction of sp³-hybridized carbons (Fsp3) is 0.471. The van der Waals surface area contributed by atoms with E-state index in [0.29, 0.717) is 5.92 Å². The van der Waals surface area contributed by atoms with E-state index >= 15 is 0 Å². The number of rotatable bonds is 5. The van der Waals surface area contributed by atoms with Gasteiger partial charge in [0.25, 0.3) is 0 Å². The number of pyridine rings is 1. The lowest BCUT2D eigenvalue weighted by atomic mass is 10.1. The molecular weight excluding hydrogens is 246 g/mol. The minimum atomic E-state index is 0.690. The van der Waals surface area contributed by atoms with Gasteiger partial charge in [-0.05, 0) is 43.5 Å². The molecule has 0 saturated heterocycles. The van der Waals surface area contributed by atoms with Gasteiger partial charge in [-0.15, -0.1) is 0 Å². The molecule has 0 aliphatic heterocycles. The van der Waals surface area contributed by atoms with Crippen LogP contribution in [0.25, 0.3) is 10.9 Å². The van der Waals surface area contributed by atoms with Crippen molar-refractivity contribution in [2.75, 3.05) is 30.9 Å². The van der Waals surface area contributed by atoms with Crippen LogP contribution in [0.2, 0.25) is 0 Å². The molecule has 0 bridgehead atoms. The third kappa shape index (κ3) is 2.58. The molecule has 0 spiro atoms. The van der Waals surface area contributed by atoms with Crippen LogP contribution in [0.15, 0.2) is 24.3 Å². The zero-order chi connectivity index (χ0) is 14.1. The molecule has 20 heavy (non-hydrogen) atoms. The second-order valence-corrected chi connectivity index (χ2v) is 5.89. The molecule has 1 aliphatic rings. The molecule has 1 aromatic carbocycles. The van der Waals surface area contributed by atoms with Gasteiger partial charge in [0, 0.05) is 49.0 Å². The van der Waals surface area contributed by atoms with E-state index in [0.717, 1.165) is 18.5 Å². The molecule has 1 heterocycles. The highest BCUT2D eigenvalue weighted by molar-refractivity contribution is 5.94. The smallest absolute Gasteiger partial charge is 0.0727 e. The highest BCUT2D eigenvalue weighted by atomic mass is 15.1. The SMILES string of the molecule is CCCNc1cc(C2CC2)nc2ccc(N(C)C)cc12. The van der Waals surface area contributed by atoms with Gasteiger partial charge < -0.3 is 10.2 Å². The predicted molar refractivity (Wildman–Crippen MR) is 86.8 cm³/mol. The van der Waals surface area contributed by atoms with E-state index in [-0.39, 0.29) is 0 Å². The standard InChI is InChI=1S/C17H23N3/c1-4-9-18-17-11-16(12-5-6-12)19-15-8-7-13(20(2)3)10-14(15)17/h7-8,10-12H,4-6,9H2,1-3H3,(H,18,19). The van der Waals surface area contributed by atoms with Crippen LogP contribution in [0, 0.1) is 0 Å². The van der Waals surface area contributed by atoms with E-state index in [4.69, 9.17) is 4.98 Å². The van der Waals surface area contributed by atoms with Crippen molar-refractivity contribution in [3.63, 3.8) is 0 Å². The van der Waals surface area contributed by atoms with Crippen molar-refractivity contribution in [1.29, 1.82) is 0 Å². The van der Waals surface area contributed by atoms with Gasteiger partial charge >= 0.3 is 0 Å². The molecule has 106 valence electrons. The number of nitrogens with zero attached hydrogens (tertiary/aromatic N) is 2. The monoisotopic (exact) mass is 269 g/mol. The topological polar surface area (TPSA) is 28.2 Å². The number of aromatic nitrogens is 1. The molecule has 3 rings (SSSR count). The van der Waals surface area contributed by atoms with Gasteiger partial charge in [-0.3, -0.25) is 4.98 Å². The third-order valence-corrected chi connectivity index (χ3v) is 3.89. The van der Waals surface area contributed by atoms with Crippen LogP contribution in [0.4, 0.5) is 11.4 Å². The van der Waals surface area contributed by atoms with E-state index in [9.17, 15) is 0 Å². The Balaban J connectivity index is 2.09. The summed E-state index contributed by atoms with van der Waals surface area (Å²) in [4.78, 5) is 6.98. The van der Waals surface area contributed by atoms with Gasteiger partial charge in [-0.25, -0.2) is 0 Å². The summed E-state index contributed by atoms with van der Waals surface area (Å²) >= 11 is 0. The van der Waals surface area contributed by atoms with Gasteiger partial charge in [-0.1, -0.05) is 6.92 Å². The molecule has 1 saturated carbocycles. The number of benzene rings is 1. The number of hydrogen-bond donors (Lipinski definition) is 1. The Bertz CT molecular complexity index is 615. The molecule has 0 atom stereocenters. The molecular formula is C17H23N3. The van der Waals surface area contributed by atoms with Crippen LogP contribution in [0.3, 0.4) is 0 Å². The average molecular weight is 269 g/mol. The van der Waals surface area contributed by atoms with E-state index < -0.39 is 0 Å². The summed E-state index contributed by atoms with van der Waals surface area (Å²) in [5.41, 5.74) is 4.83. The Hall–Kier alpha value is -1.77. The Morgan fingerprint density at radius 3 is 2.70 bits per heavy atom. The molecule has 0 radical (unpaired) electrons. The third-order valence-electron chi connectivity index (χ3n) is 3.89. The fourth-order valence-electron chi connectivity index (χ4n) is 2.51. The van der Waals surface area contributed by atoms with Gasteiger partial charge in [0.05, 0.1) is 5.52 Å². The molecule has 2 aromatic rings. The Kier molecular flexibility index (Phi) is 3.51. The summed E-state index contributed by atoms with van der Waals surface area (Å²) in [7, 11) is 4.15. The van der Waals surface area contributed by atoms with Crippen molar-refractivity contribution in [3.05, 3.63) is 30.0 Å². The Morgan fingerprint density at radius 1 is 1.25 bits per heavy atom. The van der Waals surface area contributed by atoms with Crippen molar-refractivity contribution in [3.8, 4) is 0 Å². The summed E-state index contributed by atoms with van der Waals surface area (Å²) in [6.45, 7) is 3.21. The van der Waals surface area contributed by atoms with Crippen molar-refractivity contribution in [2.45, 2.75) is 32.1 Å².